The van der Waals surface area contributed by atoms with Gasteiger partial charge in [-0.2, -0.15) is 0 Å². The number of thiocarbonyl (C=S) groups is 2. The van der Waals surface area contributed by atoms with Crippen LogP contribution < -0.4 is 5.32 Å². The number of methoxy groups -OCH3 is 1. The molecule has 0 fully saturated rings. The third-order valence-corrected chi connectivity index (χ3v) is 7.32. The van der Waals surface area contributed by atoms with E-state index in [0.717, 1.165) is 55.5 Å². The molecule has 2 heterocycles. The van der Waals surface area contributed by atoms with E-state index >= 15 is 0 Å². The van der Waals surface area contributed by atoms with Crippen molar-refractivity contribution in [2.24, 2.45) is 10.9 Å². The number of benzene rings is 1. The number of ether oxygens (including phenoxy) is 1. The number of hydrogen-bond acceptors (Lipinski definition) is 5. The second-order valence-corrected chi connectivity index (χ2v) is 10.9. The summed E-state index contributed by atoms with van der Waals surface area (Å²) in [4.78, 5) is 10.6. The van der Waals surface area contributed by atoms with Gasteiger partial charge in [0.1, 0.15) is 5.84 Å². The molecule has 1 aliphatic rings. The molecule has 34 heavy (non-hydrogen) atoms. The molecular formula is C28H35N3OS2. The van der Waals surface area contributed by atoms with Crippen LogP contribution in [0.25, 0.3) is 0 Å². The molecule has 1 aromatic heterocycles. The van der Waals surface area contributed by atoms with Gasteiger partial charge >= 0.3 is 0 Å². The maximum atomic E-state index is 5.95. The topological polar surface area (TPSA) is 46.5 Å². The van der Waals surface area contributed by atoms with Crippen LogP contribution in [0.2, 0.25) is 0 Å². The predicted octanol–water partition coefficient (Wildman–Crippen LogP) is 7.07. The molecule has 180 valence electrons. The lowest BCUT2D eigenvalue weighted by Gasteiger charge is -2.24. The summed E-state index contributed by atoms with van der Waals surface area (Å²) in [6, 6.07) is 4.08. The van der Waals surface area contributed by atoms with Gasteiger partial charge in [-0.15, -0.1) is 0 Å². The first-order chi connectivity index (χ1) is 15.9. The van der Waals surface area contributed by atoms with Crippen LogP contribution in [-0.2, 0) is 10.2 Å². The largest absolute Gasteiger partial charge is 0.486 e. The van der Waals surface area contributed by atoms with E-state index in [9.17, 15) is 0 Å². The highest BCUT2D eigenvalue weighted by molar-refractivity contribution is 7.81. The minimum atomic E-state index is -0.181. The highest BCUT2D eigenvalue weighted by Crippen LogP contribution is 2.38. The van der Waals surface area contributed by atoms with Crippen LogP contribution in [0.3, 0.4) is 0 Å². The van der Waals surface area contributed by atoms with Crippen molar-refractivity contribution < 1.29 is 4.74 Å². The van der Waals surface area contributed by atoms with Gasteiger partial charge in [0.15, 0.2) is 5.05 Å². The normalized spacial score (nSPS) is 16.1. The summed E-state index contributed by atoms with van der Waals surface area (Å²) in [5.74, 6) is 1.22. The number of fused-ring (bicyclic) bond motifs is 1. The van der Waals surface area contributed by atoms with Crippen LogP contribution in [0.1, 0.15) is 87.8 Å². The Morgan fingerprint density at radius 3 is 2.41 bits per heavy atom. The van der Waals surface area contributed by atoms with Gasteiger partial charge in [0.05, 0.1) is 12.8 Å². The molecule has 0 saturated carbocycles. The molecule has 0 spiro atoms. The number of hydrogen-bond donors (Lipinski definition) is 1. The van der Waals surface area contributed by atoms with Crippen molar-refractivity contribution in [1.29, 1.82) is 0 Å². The second kappa shape index (κ2) is 10.0. The number of pyridine rings is 1. The lowest BCUT2D eigenvalue weighted by Crippen LogP contribution is -2.23. The molecule has 0 radical (unpaired) electrons. The van der Waals surface area contributed by atoms with E-state index in [2.05, 4.69) is 71.8 Å². The molecule has 0 bridgehead atoms. The summed E-state index contributed by atoms with van der Waals surface area (Å²) < 4.78 is 5.48. The Morgan fingerprint density at radius 2 is 1.82 bits per heavy atom. The fraction of sp³-hybridized carbons (Fsp3) is 0.429. The molecule has 0 saturated heterocycles. The molecule has 0 aliphatic carbocycles. The summed E-state index contributed by atoms with van der Waals surface area (Å²) in [6.07, 6.45) is 5.97. The lowest BCUT2D eigenvalue weighted by molar-refractivity contribution is 0.415. The summed E-state index contributed by atoms with van der Waals surface area (Å²) in [7, 11) is 1.61. The standard InChI is InChI=1S/C28H35N3OS2/c1-15(2)23-22(12-20(27(34)32-9)18(6)24(23)25(33)16(3)4)31-26-19-10-11-29-14-21(19)28(7,8)13-17(5)30-26/h10-16H,1-9H3,(H,30,31). The Balaban J connectivity index is 2.41. The van der Waals surface area contributed by atoms with Crippen molar-refractivity contribution in [2.75, 3.05) is 7.11 Å². The van der Waals surface area contributed by atoms with Crippen molar-refractivity contribution in [3.8, 4) is 0 Å². The van der Waals surface area contributed by atoms with Crippen LogP contribution >= 0.6 is 24.4 Å². The average molecular weight is 494 g/mol. The number of aliphatic imine (C=N–C) groups is 1. The molecule has 1 aliphatic heterocycles. The van der Waals surface area contributed by atoms with E-state index in [-0.39, 0.29) is 17.3 Å². The van der Waals surface area contributed by atoms with Crippen molar-refractivity contribution >= 4 is 45.9 Å². The number of nitrogens with one attached hydrogen (secondary N) is 1. The lowest BCUT2D eigenvalue weighted by atomic mass is 9.82. The molecule has 4 nitrogen and oxygen atoms in total. The first kappa shape index (κ1) is 26.2. The van der Waals surface area contributed by atoms with E-state index in [1.807, 2.05) is 24.5 Å². The zero-order valence-electron chi connectivity index (χ0n) is 21.7. The minimum absolute atomic E-state index is 0.181. The fourth-order valence-electron chi connectivity index (χ4n) is 4.62. The fourth-order valence-corrected chi connectivity index (χ4v) is 5.10. The van der Waals surface area contributed by atoms with Crippen molar-refractivity contribution in [2.45, 2.75) is 66.7 Å². The quantitative estimate of drug-likeness (QED) is 0.356. The monoisotopic (exact) mass is 493 g/mol. The van der Waals surface area contributed by atoms with E-state index in [1.54, 1.807) is 7.11 Å². The summed E-state index contributed by atoms with van der Waals surface area (Å²) in [5, 5.41) is 3.98. The van der Waals surface area contributed by atoms with E-state index in [0.29, 0.717) is 5.05 Å². The molecule has 6 heteroatoms. The highest BCUT2D eigenvalue weighted by atomic mass is 32.1. The zero-order chi connectivity index (χ0) is 25.4. The average Bonchev–Trinajstić information content (AvgIpc) is 2.86. The smallest absolute Gasteiger partial charge is 0.191 e. The zero-order valence-corrected chi connectivity index (χ0v) is 23.3. The van der Waals surface area contributed by atoms with E-state index in [4.69, 9.17) is 34.2 Å². The maximum Gasteiger partial charge on any atom is 0.191 e. The molecule has 1 aromatic carbocycles. The Labute approximate surface area is 214 Å². The Bertz CT molecular complexity index is 1210. The van der Waals surface area contributed by atoms with Gasteiger partial charge in [0.2, 0.25) is 0 Å². The second-order valence-electron chi connectivity index (χ2n) is 10.1. The first-order valence-electron chi connectivity index (χ1n) is 11.7. The molecule has 0 amide bonds. The van der Waals surface area contributed by atoms with E-state index < -0.39 is 0 Å². The summed E-state index contributed by atoms with van der Waals surface area (Å²) >= 11 is 11.5. The number of aromatic nitrogens is 1. The van der Waals surface area contributed by atoms with Gasteiger partial charge in [0.25, 0.3) is 0 Å². The van der Waals surface area contributed by atoms with Crippen LogP contribution in [0.4, 0.5) is 5.69 Å². The van der Waals surface area contributed by atoms with Crippen molar-refractivity contribution in [3.05, 3.63) is 69.7 Å². The Hall–Kier alpha value is -2.44. The van der Waals surface area contributed by atoms with Gasteiger partial charge in [0, 0.05) is 39.5 Å². The van der Waals surface area contributed by atoms with Crippen molar-refractivity contribution in [3.63, 3.8) is 0 Å². The number of amidine groups is 1. The van der Waals surface area contributed by atoms with Crippen LogP contribution in [-0.4, -0.2) is 27.8 Å². The van der Waals surface area contributed by atoms with Crippen LogP contribution in [0.5, 0.6) is 0 Å². The van der Waals surface area contributed by atoms with Gasteiger partial charge in [-0.05, 0) is 72.3 Å². The number of nitrogens with zero attached hydrogens (tertiary/aromatic N) is 2. The molecule has 0 atom stereocenters. The van der Waals surface area contributed by atoms with Gasteiger partial charge in [-0.3, -0.25) is 4.98 Å². The van der Waals surface area contributed by atoms with Crippen LogP contribution in [0, 0.1) is 12.8 Å². The molecule has 2 aromatic rings. The molecular weight excluding hydrogens is 458 g/mol. The first-order valence-corrected chi connectivity index (χ1v) is 12.5. The van der Waals surface area contributed by atoms with E-state index in [1.165, 1.54) is 0 Å². The van der Waals surface area contributed by atoms with Gasteiger partial charge in [-0.25, -0.2) is 4.99 Å². The van der Waals surface area contributed by atoms with Gasteiger partial charge in [-0.1, -0.05) is 59.8 Å². The SMILES string of the molecule is COC(=S)c1cc(N=C2NC(C)=CC(C)(C)c3cnccc32)c(C(C)C)c(C(=S)C(C)C)c1C. The number of allylic oxidation sites excluding steroid dienone is 2. The van der Waals surface area contributed by atoms with Crippen LogP contribution in [0.15, 0.2) is 41.3 Å². The maximum absolute atomic E-state index is 5.95. The third-order valence-electron chi connectivity index (χ3n) is 6.25. The molecule has 0 unspecified atom stereocenters. The third kappa shape index (κ3) is 4.98. The Morgan fingerprint density at radius 1 is 1.15 bits per heavy atom. The molecule has 1 N–H and O–H groups in total. The summed E-state index contributed by atoms with van der Waals surface area (Å²) in [5.41, 5.74) is 7.98. The predicted molar refractivity (Wildman–Crippen MR) is 151 cm³/mol. The summed E-state index contributed by atoms with van der Waals surface area (Å²) in [6.45, 7) is 17.2. The Kier molecular flexibility index (Phi) is 7.73. The minimum Gasteiger partial charge on any atom is -0.486 e. The highest BCUT2D eigenvalue weighted by Gasteiger charge is 2.28. The molecule has 3 rings (SSSR count). The van der Waals surface area contributed by atoms with Crippen molar-refractivity contribution in [1.82, 2.24) is 10.3 Å². The van der Waals surface area contributed by atoms with Gasteiger partial charge < -0.3 is 10.1 Å². The number of rotatable bonds is 5.